The first-order valence-electron chi connectivity index (χ1n) is 5.56. The molecule has 1 aromatic rings. The zero-order valence-corrected chi connectivity index (χ0v) is 9.87. The van der Waals surface area contributed by atoms with Gasteiger partial charge in [-0.05, 0) is 17.8 Å². The Labute approximate surface area is 90.4 Å². The van der Waals surface area contributed by atoms with Gasteiger partial charge in [0, 0.05) is 12.5 Å². The average molecular weight is 209 g/mol. The van der Waals surface area contributed by atoms with Crippen LogP contribution in [0.3, 0.4) is 0 Å². The molecule has 1 atom stereocenters. The van der Waals surface area contributed by atoms with E-state index in [0.29, 0.717) is 23.3 Å². The molecular formula is C11H19N3O. The first-order valence-corrected chi connectivity index (χ1v) is 5.56. The molecular weight excluding hydrogens is 190 g/mol. The quantitative estimate of drug-likeness (QED) is 0.828. The summed E-state index contributed by atoms with van der Waals surface area (Å²) in [5.41, 5.74) is 0.360. The van der Waals surface area contributed by atoms with E-state index in [0.717, 1.165) is 18.8 Å². The molecule has 1 aliphatic rings. The fraction of sp³-hybridized carbons (Fsp3) is 0.818. The summed E-state index contributed by atoms with van der Waals surface area (Å²) in [7, 11) is 0. The molecule has 1 N–H and O–H groups in total. The summed E-state index contributed by atoms with van der Waals surface area (Å²) in [6.07, 6.45) is 1.16. The molecule has 0 aliphatic heterocycles. The van der Waals surface area contributed by atoms with Crippen molar-refractivity contribution in [2.75, 3.05) is 11.9 Å². The van der Waals surface area contributed by atoms with E-state index in [9.17, 15) is 0 Å². The summed E-state index contributed by atoms with van der Waals surface area (Å²) in [4.78, 5) is 4.35. The summed E-state index contributed by atoms with van der Waals surface area (Å²) >= 11 is 0. The van der Waals surface area contributed by atoms with Crippen LogP contribution in [0, 0.1) is 11.3 Å². The Hall–Kier alpha value is -1.06. The second kappa shape index (κ2) is 3.51. The molecule has 1 fully saturated rings. The van der Waals surface area contributed by atoms with Crippen LogP contribution in [0.4, 0.5) is 6.01 Å². The lowest BCUT2D eigenvalue weighted by molar-refractivity contribution is 0.417. The van der Waals surface area contributed by atoms with Crippen molar-refractivity contribution in [2.45, 2.75) is 40.0 Å². The highest BCUT2D eigenvalue weighted by Crippen LogP contribution is 2.57. The first-order chi connectivity index (χ1) is 6.99. The van der Waals surface area contributed by atoms with Crippen molar-refractivity contribution in [3.63, 3.8) is 0 Å². The molecule has 15 heavy (non-hydrogen) atoms. The monoisotopic (exact) mass is 209 g/mol. The van der Waals surface area contributed by atoms with Gasteiger partial charge in [-0.2, -0.15) is 4.98 Å². The van der Waals surface area contributed by atoms with E-state index < -0.39 is 0 Å². The van der Waals surface area contributed by atoms with Gasteiger partial charge in [0.2, 0.25) is 0 Å². The molecule has 4 heteroatoms. The molecule has 0 bridgehead atoms. The molecule has 1 aromatic heterocycles. The number of aromatic nitrogens is 2. The Balaban J connectivity index is 1.93. The van der Waals surface area contributed by atoms with Gasteiger partial charge in [-0.3, -0.25) is 0 Å². The number of anilines is 1. The second-order valence-electron chi connectivity index (χ2n) is 5.48. The van der Waals surface area contributed by atoms with E-state index in [4.69, 9.17) is 4.52 Å². The van der Waals surface area contributed by atoms with Crippen molar-refractivity contribution < 1.29 is 4.52 Å². The van der Waals surface area contributed by atoms with Crippen LogP contribution in [0.15, 0.2) is 4.52 Å². The van der Waals surface area contributed by atoms with Gasteiger partial charge >= 0.3 is 6.01 Å². The number of hydrogen-bond acceptors (Lipinski definition) is 4. The molecule has 0 radical (unpaired) electrons. The molecule has 0 aromatic carbocycles. The molecule has 1 heterocycles. The van der Waals surface area contributed by atoms with Gasteiger partial charge < -0.3 is 9.84 Å². The Morgan fingerprint density at radius 2 is 2.20 bits per heavy atom. The summed E-state index contributed by atoms with van der Waals surface area (Å²) in [5.74, 6) is 1.92. The van der Waals surface area contributed by atoms with Crippen LogP contribution in [-0.4, -0.2) is 16.7 Å². The highest BCUT2D eigenvalue weighted by atomic mass is 16.5. The summed E-state index contributed by atoms with van der Waals surface area (Å²) in [5, 5.41) is 7.14. The van der Waals surface area contributed by atoms with Crippen LogP contribution >= 0.6 is 0 Å². The van der Waals surface area contributed by atoms with Gasteiger partial charge in [-0.15, -0.1) is 0 Å². The Morgan fingerprint density at radius 3 is 2.73 bits per heavy atom. The van der Waals surface area contributed by atoms with Crippen LogP contribution in [0.2, 0.25) is 0 Å². The number of rotatable bonds is 4. The lowest BCUT2D eigenvalue weighted by atomic mass is 10.1. The van der Waals surface area contributed by atoms with Gasteiger partial charge in [0.15, 0.2) is 5.82 Å². The third-order valence-corrected chi connectivity index (χ3v) is 2.93. The Kier molecular flexibility index (Phi) is 2.44. The smallest absolute Gasteiger partial charge is 0.321 e. The second-order valence-corrected chi connectivity index (χ2v) is 5.48. The SMILES string of the molecule is CC(C)CNc1nc(C2CC2(C)C)no1. The van der Waals surface area contributed by atoms with Gasteiger partial charge in [0.1, 0.15) is 0 Å². The van der Waals surface area contributed by atoms with E-state index in [1.807, 2.05) is 0 Å². The van der Waals surface area contributed by atoms with E-state index >= 15 is 0 Å². The fourth-order valence-corrected chi connectivity index (χ4v) is 1.65. The maximum atomic E-state index is 5.14. The van der Waals surface area contributed by atoms with Crippen LogP contribution < -0.4 is 5.32 Å². The lowest BCUT2D eigenvalue weighted by Crippen LogP contribution is -2.08. The predicted molar refractivity (Wildman–Crippen MR) is 58.8 cm³/mol. The summed E-state index contributed by atoms with van der Waals surface area (Å²) in [6.45, 7) is 9.63. The minimum atomic E-state index is 0.360. The van der Waals surface area contributed by atoms with Crippen LogP contribution in [-0.2, 0) is 0 Å². The minimum Gasteiger partial charge on any atom is -0.338 e. The molecule has 0 saturated heterocycles. The number of nitrogens with one attached hydrogen (secondary N) is 1. The molecule has 4 nitrogen and oxygen atoms in total. The molecule has 1 aliphatic carbocycles. The minimum absolute atomic E-state index is 0.360. The number of hydrogen-bond donors (Lipinski definition) is 1. The van der Waals surface area contributed by atoms with E-state index in [2.05, 4.69) is 43.2 Å². The van der Waals surface area contributed by atoms with Crippen LogP contribution in [0.1, 0.15) is 45.9 Å². The molecule has 2 rings (SSSR count). The van der Waals surface area contributed by atoms with Crippen molar-refractivity contribution in [1.29, 1.82) is 0 Å². The van der Waals surface area contributed by atoms with Gasteiger partial charge in [-0.1, -0.05) is 32.9 Å². The maximum absolute atomic E-state index is 5.14. The average Bonchev–Trinajstić information content (AvgIpc) is 2.63. The predicted octanol–water partition coefficient (Wildman–Crippen LogP) is 2.65. The van der Waals surface area contributed by atoms with Gasteiger partial charge in [0.25, 0.3) is 0 Å². The molecule has 84 valence electrons. The maximum Gasteiger partial charge on any atom is 0.321 e. The third-order valence-electron chi connectivity index (χ3n) is 2.93. The normalized spacial score (nSPS) is 23.1. The largest absolute Gasteiger partial charge is 0.338 e. The van der Waals surface area contributed by atoms with Crippen molar-refractivity contribution in [3.05, 3.63) is 5.82 Å². The van der Waals surface area contributed by atoms with Gasteiger partial charge in [0.05, 0.1) is 0 Å². The van der Waals surface area contributed by atoms with Gasteiger partial charge in [-0.25, -0.2) is 0 Å². The molecule has 0 amide bonds. The Morgan fingerprint density at radius 1 is 1.53 bits per heavy atom. The molecule has 0 spiro atoms. The highest BCUT2D eigenvalue weighted by molar-refractivity contribution is 5.23. The standard InChI is InChI=1S/C11H19N3O/c1-7(2)6-12-10-13-9(14-15-10)8-5-11(8,3)4/h7-8H,5-6H2,1-4H3,(H,12,13,14). The molecule has 1 saturated carbocycles. The van der Waals surface area contributed by atoms with E-state index in [-0.39, 0.29) is 0 Å². The Bertz CT molecular complexity index is 343. The molecule has 1 unspecified atom stereocenters. The fourth-order valence-electron chi connectivity index (χ4n) is 1.65. The van der Waals surface area contributed by atoms with Crippen LogP contribution in [0.25, 0.3) is 0 Å². The third kappa shape index (κ3) is 2.30. The van der Waals surface area contributed by atoms with E-state index in [1.165, 1.54) is 0 Å². The summed E-state index contributed by atoms with van der Waals surface area (Å²) in [6, 6.07) is 0.557. The van der Waals surface area contributed by atoms with Crippen molar-refractivity contribution in [3.8, 4) is 0 Å². The van der Waals surface area contributed by atoms with Crippen molar-refractivity contribution in [1.82, 2.24) is 10.1 Å². The lowest BCUT2D eigenvalue weighted by Gasteiger charge is -2.02. The topological polar surface area (TPSA) is 51.0 Å². The van der Waals surface area contributed by atoms with E-state index in [1.54, 1.807) is 0 Å². The van der Waals surface area contributed by atoms with Crippen molar-refractivity contribution >= 4 is 6.01 Å². The first kappa shape index (κ1) is 10.5. The number of nitrogens with zero attached hydrogens (tertiary/aromatic N) is 2. The zero-order chi connectivity index (χ0) is 11.1. The van der Waals surface area contributed by atoms with Crippen LogP contribution in [0.5, 0.6) is 0 Å². The highest BCUT2D eigenvalue weighted by Gasteiger charge is 2.49. The summed E-state index contributed by atoms with van der Waals surface area (Å²) < 4.78 is 5.14. The zero-order valence-electron chi connectivity index (χ0n) is 9.87. The van der Waals surface area contributed by atoms with Crippen molar-refractivity contribution in [2.24, 2.45) is 11.3 Å².